The summed E-state index contributed by atoms with van der Waals surface area (Å²) in [6, 6.07) is 0.184. The summed E-state index contributed by atoms with van der Waals surface area (Å²) in [7, 11) is 0. The molecule has 5 heterocycles. The van der Waals surface area contributed by atoms with E-state index in [-0.39, 0.29) is 23.6 Å². The molecule has 8 nitrogen and oxygen atoms in total. The number of rotatable bonds is 6. The number of carboxylic acid groups (broad SMARTS) is 1. The lowest BCUT2D eigenvalue weighted by Gasteiger charge is -2.46. The Labute approximate surface area is 188 Å². The Morgan fingerprint density at radius 2 is 2.26 bits per heavy atom. The highest BCUT2D eigenvalue weighted by Crippen LogP contribution is 2.51. The Morgan fingerprint density at radius 3 is 2.87 bits per heavy atom. The third-order valence-corrected chi connectivity index (χ3v) is 8.90. The molecule has 2 aromatic heterocycles. The molecule has 3 aliphatic heterocycles. The number of aliphatic hydroxyl groups excluding tert-OH is 1. The zero-order chi connectivity index (χ0) is 22.0. The van der Waals surface area contributed by atoms with Crippen LogP contribution in [0.2, 0.25) is 0 Å². The number of imidazole rings is 1. The van der Waals surface area contributed by atoms with E-state index >= 15 is 0 Å². The minimum atomic E-state index is -1.09. The second kappa shape index (κ2) is 7.61. The molecule has 10 heteroatoms. The monoisotopic (exact) mass is 463 g/mol. The summed E-state index contributed by atoms with van der Waals surface area (Å²) in [4.78, 5) is 28.1. The maximum absolute atomic E-state index is 12.6. The standard InChI is InChI=1S/C21H26N4O4S2/c1-10-14(17(21(28)29)25-16(10)15(11(2)26)18(25)27)13-8-24-9-23(7-12-5-4-6-22-12)19(30-3)20(24)31-13/h8-12,15-16,22,26H,4-7H2,1-3H3/p+1/t10-,11+,12+,15+,16+/m0/s1. The minimum absolute atomic E-state index is 0.0673. The first-order valence-electron chi connectivity index (χ1n) is 10.6. The molecule has 0 spiro atoms. The summed E-state index contributed by atoms with van der Waals surface area (Å²) >= 11 is 3.26. The van der Waals surface area contributed by atoms with Crippen molar-refractivity contribution in [2.24, 2.45) is 11.8 Å². The van der Waals surface area contributed by atoms with Crippen LogP contribution in [-0.2, 0) is 16.1 Å². The number of nitrogens with zero attached hydrogens (tertiary/aromatic N) is 3. The molecule has 0 bridgehead atoms. The third kappa shape index (κ3) is 3.06. The molecule has 0 aromatic carbocycles. The van der Waals surface area contributed by atoms with Crippen molar-refractivity contribution in [3.05, 3.63) is 23.1 Å². The Hall–Kier alpha value is -1.88. The number of aliphatic hydroxyl groups is 1. The van der Waals surface area contributed by atoms with Crippen LogP contribution < -0.4 is 9.88 Å². The fourth-order valence-corrected chi connectivity index (χ4v) is 7.62. The minimum Gasteiger partial charge on any atom is -0.477 e. The number of carbonyl (C=O) groups is 2. The molecular formula is C21H27N4O4S2+. The van der Waals surface area contributed by atoms with E-state index in [1.54, 1.807) is 30.0 Å². The average Bonchev–Trinajstić information content (AvgIpc) is 3.44. The molecule has 5 atom stereocenters. The Bertz CT molecular complexity index is 1100. The molecule has 0 saturated carbocycles. The highest BCUT2D eigenvalue weighted by Gasteiger charge is 2.60. The zero-order valence-corrected chi connectivity index (χ0v) is 19.4. The van der Waals surface area contributed by atoms with Crippen LogP contribution in [0.5, 0.6) is 0 Å². The average molecular weight is 464 g/mol. The van der Waals surface area contributed by atoms with Gasteiger partial charge < -0.3 is 20.4 Å². The number of fused-ring (bicyclic) bond motifs is 2. The predicted molar refractivity (Wildman–Crippen MR) is 118 cm³/mol. The van der Waals surface area contributed by atoms with Crippen LogP contribution in [0.15, 0.2) is 23.2 Å². The lowest BCUT2D eigenvalue weighted by atomic mass is 9.77. The van der Waals surface area contributed by atoms with Crippen molar-refractivity contribution in [3.63, 3.8) is 0 Å². The number of β-lactam (4-membered cyclic amide) rings is 1. The van der Waals surface area contributed by atoms with Gasteiger partial charge in [0.25, 0.3) is 6.33 Å². The SMILES string of the molecule is CSc1c2sc(C3=C(C(=O)O)N4C(=O)[C@H]([C@@H](C)O)[C@H]4[C@H]3C)cn2c[n+]1C[C@H]1CCCN1. The number of carbonyl (C=O) groups excluding carboxylic acids is 1. The molecule has 0 radical (unpaired) electrons. The van der Waals surface area contributed by atoms with E-state index in [4.69, 9.17) is 0 Å². The molecule has 0 aliphatic carbocycles. The van der Waals surface area contributed by atoms with Crippen LogP contribution in [0, 0.1) is 11.8 Å². The van der Waals surface area contributed by atoms with Gasteiger partial charge in [-0.15, -0.1) is 0 Å². The van der Waals surface area contributed by atoms with Gasteiger partial charge in [0.05, 0.1) is 22.9 Å². The van der Waals surface area contributed by atoms with Gasteiger partial charge in [0.15, 0.2) is 0 Å². The number of hydrogen-bond donors (Lipinski definition) is 3. The second-order valence-electron chi connectivity index (χ2n) is 8.70. The first-order valence-corrected chi connectivity index (χ1v) is 12.7. The summed E-state index contributed by atoms with van der Waals surface area (Å²) in [5.74, 6) is -2.09. The Balaban J connectivity index is 1.55. The number of hydrogen-bond acceptors (Lipinski definition) is 6. The summed E-state index contributed by atoms with van der Waals surface area (Å²) in [5.41, 5.74) is 0.761. The van der Waals surface area contributed by atoms with Crippen molar-refractivity contribution >= 4 is 45.4 Å². The molecule has 3 N–H and O–H groups in total. The predicted octanol–water partition coefficient (Wildman–Crippen LogP) is 1.42. The summed E-state index contributed by atoms with van der Waals surface area (Å²) in [5, 5.41) is 24.7. The fraction of sp³-hybridized carbons (Fsp3) is 0.571. The molecule has 31 heavy (non-hydrogen) atoms. The van der Waals surface area contributed by atoms with E-state index in [9.17, 15) is 19.8 Å². The van der Waals surface area contributed by atoms with E-state index < -0.39 is 18.0 Å². The van der Waals surface area contributed by atoms with Crippen LogP contribution in [-0.4, -0.2) is 62.4 Å². The number of thiazole rings is 1. The van der Waals surface area contributed by atoms with E-state index in [0.29, 0.717) is 11.6 Å². The highest BCUT2D eigenvalue weighted by atomic mass is 32.2. The molecular weight excluding hydrogens is 436 g/mol. The van der Waals surface area contributed by atoms with Gasteiger partial charge in [-0.3, -0.25) is 4.79 Å². The zero-order valence-electron chi connectivity index (χ0n) is 17.7. The number of carboxylic acids is 1. The maximum Gasteiger partial charge on any atom is 0.352 e. The van der Waals surface area contributed by atoms with Gasteiger partial charge in [0, 0.05) is 17.5 Å². The highest BCUT2D eigenvalue weighted by molar-refractivity contribution is 7.98. The molecule has 166 valence electrons. The lowest BCUT2D eigenvalue weighted by molar-refractivity contribution is -0.731. The number of aromatic nitrogens is 2. The van der Waals surface area contributed by atoms with E-state index in [2.05, 4.69) is 26.9 Å². The van der Waals surface area contributed by atoms with Gasteiger partial charge in [-0.1, -0.05) is 30.0 Å². The molecule has 3 aliphatic rings. The third-order valence-electron chi connectivity index (χ3n) is 6.82. The second-order valence-corrected chi connectivity index (χ2v) is 10.5. The molecule has 0 unspecified atom stereocenters. The van der Waals surface area contributed by atoms with Crippen LogP contribution >= 0.6 is 23.1 Å². The fourth-order valence-electron chi connectivity index (χ4n) is 5.44. The first kappa shape index (κ1) is 21.0. The maximum atomic E-state index is 12.6. The van der Waals surface area contributed by atoms with Gasteiger partial charge in [-0.2, -0.15) is 4.40 Å². The van der Waals surface area contributed by atoms with Crippen LogP contribution in [0.3, 0.4) is 0 Å². The van der Waals surface area contributed by atoms with E-state index in [1.807, 2.05) is 13.1 Å². The van der Waals surface area contributed by atoms with Crippen LogP contribution in [0.4, 0.5) is 0 Å². The van der Waals surface area contributed by atoms with Gasteiger partial charge in [-0.25, -0.2) is 9.36 Å². The summed E-state index contributed by atoms with van der Waals surface area (Å²) in [6.07, 6.45) is 7.72. The van der Waals surface area contributed by atoms with Crippen molar-refractivity contribution in [1.29, 1.82) is 0 Å². The number of amides is 1. The number of thioether (sulfide) groups is 1. The van der Waals surface area contributed by atoms with Crippen LogP contribution in [0.25, 0.3) is 10.4 Å². The van der Waals surface area contributed by atoms with E-state index in [1.165, 1.54) is 17.7 Å². The number of aliphatic carboxylic acids is 1. The van der Waals surface area contributed by atoms with Crippen LogP contribution in [0.1, 0.15) is 31.6 Å². The largest absolute Gasteiger partial charge is 0.477 e. The van der Waals surface area contributed by atoms with E-state index in [0.717, 1.165) is 27.8 Å². The Morgan fingerprint density at radius 1 is 1.48 bits per heavy atom. The smallest absolute Gasteiger partial charge is 0.352 e. The number of nitrogens with one attached hydrogen (secondary N) is 1. The summed E-state index contributed by atoms with van der Waals surface area (Å²) in [6.45, 7) is 5.55. The van der Waals surface area contributed by atoms with Crippen molar-refractivity contribution in [1.82, 2.24) is 14.6 Å². The molecule has 2 saturated heterocycles. The first-order chi connectivity index (χ1) is 14.8. The van der Waals surface area contributed by atoms with Crippen molar-refractivity contribution in [3.8, 4) is 0 Å². The quantitative estimate of drug-likeness (QED) is 0.341. The van der Waals surface area contributed by atoms with Crippen molar-refractivity contribution in [2.75, 3.05) is 12.8 Å². The normalized spacial score (nSPS) is 29.0. The van der Waals surface area contributed by atoms with Crippen molar-refractivity contribution < 1.29 is 24.4 Å². The van der Waals surface area contributed by atoms with Gasteiger partial charge >= 0.3 is 5.97 Å². The molecule has 1 amide bonds. The van der Waals surface area contributed by atoms with Gasteiger partial charge in [0.2, 0.25) is 15.8 Å². The molecule has 2 aromatic rings. The van der Waals surface area contributed by atoms with Gasteiger partial charge in [0.1, 0.15) is 18.4 Å². The lowest BCUT2D eigenvalue weighted by Crippen LogP contribution is -2.63. The topological polar surface area (TPSA) is 98.2 Å². The molecule has 2 fully saturated rings. The molecule has 5 rings (SSSR count). The van der Waals surface area contributed by atoms with Gasteiger partial charge in [-0.05, 0) is 32.6 Å². The summed E-state index contributed by atoms with van der Waals surface area (Å²) < 4.78 is 4.34. The Kier molecular flexibility index (Phi) is 5.16. The van der Waals surface area contributed by atoms with Crippen molar-refractivity contribution in [2.45, 2.75) is 56.4 Å².